The standard InChI is InChI=1S/C17H28N2O/c1-5-7-14-10-13(12-18-17(2,3)4)11-16(19-14)20-15-8-6-9-15/h10-11,15,18H,5-9,12H2,1-4H3. The summed E-state index contributed by atoms with van der Waals surface area (Å²) >= 11 is 0. The quantitative estimate of drug-likeness (QED) is 0.857. The molecule has 1 aliphatic carbocycles. The molecule has 1 aromatic heterocycles. The summed E-state index contributed by atoms with van der Waals surface area (Å²) in [5.41, 5.74) is 2.55. The van der Waals surface area contributed by atoms with Crippen molar-refractivity contribution in [1.82, 2.24) is 10.3 Å². The highest BCUT2D eigenvalue weighted by Gasteiger charge is 2.20. The number of rotatable bonds is 6. The first-order valence-corrected chi connectivity index (χ1v) is 7.88. The molecule has 0 saturated heterocycles. The van der Waals surface area contributed by atoms with Gasteiger partial charge in [0.2, 0.25) is 5.88 Å². The Kier molecular flexibility index (Phi) is 5.03. The molecule has 0 spiro atoms. The lowest BCUT2D eigenvalue weighted by Gasteiger charge is -2.26. The maximum absolute atomic E-state index is 5.97. The van der Waals surface area contributed by atoms with Crippen LogP contribution in [0.15, 0.2) is 12.1 Å². The minimum Gasteiger partial charge on any atom is -0.474 e. The highest BCUT2D eigenvalue weighted by molar-refractivity contribution is 5.26. The van der Waals surface area contributed by atoms with E-state index in [0.717, 1.165) is 31.0 Å². The molecule has 0 radical (unpaired) electrons. The molecule has 0 unspecified atom stereocenters. The Morgan fingerprint density at radius 1 is 1.30 bits per heavy atom. The van der Waals surface area contributed by atoms with Crippen LogP contribution < -0.4 is 10.1 Å². The van der Waals surface area contributed by atoms with Gasteiger partial charge < -0.3 is 10.1 Å². The van der Waals surface area contributed by atoms with Crippen LogP contribution in [0.3, 0.4) is 0 Å². The van der Waals surface area contributed by atoms with Crippen molar-refractivity contribution in [3.63, 3.8) is 0 Å². The fraction of sp³-hybridized carbons (Fsp3) is 0.706. The molecule has 1 N–H and O–H groups in total. The summed E-state index contributed by atoms with van der Waals surface area (Å²) in [6, 6.07) is 4.30. The molecule has 1 aromatic rings. The van der Waals surface area contributed by atoms with E-state index in [1.54, 1.807) is 0 Å². The lowest BCUT2D eigenvalue weighted by Crippen LogP contribution is -2.35. The summed E-state index contributed by atoms with van der Waals surface area (Å²) in [6.45, 7) is 9.62. The van der Waals surface area contributed by atoms with Crippen LogP contribution in [-0.2, 0) is 13.0 Å². The summed E-state index contributed by atoms with van der Waals surface area (Å²) in [5.74, 6) is 0.811. The van der Waals surface area contributed by atoms with Gasteiger partial charge in [0.05, 0.1) is 0 Å². The first-order valence-electron chi connectivity index (χ1n) is 7.88. The predicted molar refractivity (Wildman–Crippen MR) is 83.1 cm³/mol. The normalized spacial score (nSPS) is 16.0. The lowest BCUT2D eigenvalue weighted by atomic mass is 9.96. The van der Waals surface area contributed by atoms with E-state index in [2.05, 4.69) is 50.1 Å². The molecule has 0 aliphatic heterocycles. The van der Waals surface area contributed by atoms with Crippen LogP contribution in [0.4, 0.5) is 0 Å². The molecular weight excluding hydrogens is 248 g/mol. The number of hydrogen-bond acceptors (Lipinski definition) is 3. The molecule has 0 bridgehead atoms. The number of nitrogens with one attached hydrogen (secondary N) is 1. The van der Waals surface area contributed by atoms with E-state index in [0.29, 0.717) is 6.10 Å². The van der Waals surface area contributed by atoms with Crippen LogP contribution in [0.25, 0.3) is 0 Å². The van der Waals surface area contributed by atoms with E-state index < -0.39 is 0 Å². The van der Waals surface area contributed by atoms with Crippen LogP contribution >= 0.6 is 0 Å². The number of ether oxygens (including phenoxy) is 1. The van der Waals surface area contributed by atoms with E-state index in [-0.39, 0.29) is 5.54 Å². The minimum absolute atomic E-state index is 0.128. The van der Waals surface area contributed by atoms with Crippen molar-refractivity contribution < 1.29 is 4.74 Å². The zero-order chi connectivity index (χ0) is 14.6. The van der Waals surface area contributed by atoms with Crippen molar-refractivity contribution in [2.24, 2.45) is 0 Å². The Labute approximate surface area is 123 Å². The Morgan fingerprint density at radius 3 is 2.60 bits per heavy atom. The second-order valence-electron chi connectivity index (χ2n) is 6.83. The zero-order valence-corrected chi connectivity index (χ0v) is 13.3. The van der Waals surface area contributed by atoms with Gasteiger partial charge in [-0.3, -0.25) is 0 Å². The average molecular weight is 276 g/mol. The smallest absolute Gasteiger partial charge is 0.214 e. The Morgan fingerprint density at radius 2 is 2.05 bits per heavy atom. The molecule has 1 aliphatic rings. The second kappa shape index (κ2) is 6.57. The molecule has 1 saturated carbocycles. The fourth-order valence-corrected chi connectivity index (χ4v) is 2.19. The number of nitrogens with zero attached hydrogens (tertiary/aromatic N) is 1. The molecule has 1 heterocycles. The summed E-state index contributed by atoms with van der Waals surface area (Å²) < 4.78 is 5.97. The van der Waals surface area contributed by atoms with Gasteiger partial charge in [0, 0.05) is 23.8 Å². The number of hydrogen-bond donors (Lipinski definition) is 1. The van der Waals surface area contributed by atoms with Crippen LogP contribution in [0, 0.1) is 0 Å². The van der Waals surface area contributed by atoms with E-state index in [4.69, 9.17) is 4.74 Å². The van der Waals surface area contributed by atoms with Crippen molar-refractivity contribution in [2.45, 2.75) is 78.0 Å². The lowest BCUT2D eigenvalue weighted by molar-refractivity contribution is 0.114. The topological polar surface area (TPSA) is 34.1 Å². The monoisotopic (exact) mass is 276 g/mol. The van der Waals surface area contributed by atoms with E-state index in [9.17, 15) is 0 Å². The third-order valence-corrected chi connectivity index (χ3v) is 3.58. The van der Waals surface area contributed by atoms with Gasteiger partial charge in [-0.1, -0.05) is 13.3 Å². The molecular formula is C17H28N2O. The van der Waals surface area contributed by atoms with E-state index >= 15 is 0 Å². The first kappa shape index (κ1) is 15.3. The Hall–Kier alpha value is -1.09. The SMILES string of the molecule is CCCc1cc(CNC(C)(C)C)cc(OC2CCC2)n1. The molecule has 0 amide bonds. The van der Waals surface area contributed by atoms with Crippen LogP contribution in [-0.4, -0.2) is 16.6 Å². The maximum Gasteiger partial charge on any atom is 0.214 e. The number of aryl methyl sites for hydroxylation is 1. The minimum atomic E-state index is 0.128. The summed E-state index contributed by atoms with van der Waals surface area (Å²) in [5, 5.41) is 3.53. The molecule has 2 rings (SSSR count). The molecule has 0 atom stereocenters. The predicted octanol–water partition coefficient (Wildman–Crippen LogP) is 3.85. The highest BCUT2D eigenvalue weighted by Crippen LogP contribution is 2.25. The molecule has 112 valence electrons. The number of aromatic nitrogens is 1. The van der Waals surface area contributed by atoms with Gasteiger partial charge in [-0.2, -0.15) is 0 Å². The van der Waals surface area contributed by atoms with E-state index in [1.165, 1.54) is 24.8 Å². The summed E-state index contributed by atoms with van der Waals surface area (Å²) in [6.07, 6.45) is 6.17. The fourth-order valence-electron chi connectivity index (χ4n) is 2.19. The van der Waals surface area contributed by atoms with Gasteiger partial charge in [-0.05, 0) is 58.1 Å². The van der Waals surface area contributed by atoms with Crippen molar-refractivity contribution >= 4 is 0 Å². The second-order valence-corrected chi connectivity index (χ2v) is 6.83. The zero-order valence-electron chi connectivity index (χ0n) is 13.3. The largest absolute Gasteiger partial charge is 0.474 e. The molecule has 3 nitrogen and oxygen atoms in total. The third-order valence-electron chi connectivity index (χ3n) is 3.58. The summed E-state index contributed by atoms with van der Waals surface area (Å²) in [4.78, 5) is 4.64. The average Bonchev–Trinajstić information content (AvgIpc) is 2.31. The van der Waals surface area contributed by atoms with Crippen molar-refractivity contribution in [2.75, 3.05) is 0 Å². The number of pyridine rings is 1. The van der Waals surface area contributed by atoms with Crippen LogP contribution in [0.2, 0.25) is 0 Å². The third kappa shape index (κ3) is 4.78. The maximum atomic E-state index is 5.97. The first-order chi connectivity index (χ1) is 9.46. The molecule has 1 fully saturated rings. The van der Waals surface area contributed by atoms with Gasteiger partial charge >= 0.3 is 0 Å². The summed E-state index contributed by atoms with van der Waals surface area (Å²) in [7, 11) is 0. The van der Waals surface area contributed by atoms with Crippen molar-refractivity contribution in [1.29, 1.82) is 0 Å². The van der Waals surface area contributed by atoms with Gasteiger partial charge in [0.15, 0.2) is 0 Å². The van der Waals surface area contributed by atoms with E-state index in [1.807, 2.05) is 0 Å². The molecule has 20 heavy (non-hydrogen) atoms. The molecule has 0 aromatic carbocycles. The van der Waals surface area contributed by atoms with Gasteiger partial charge in [0.25, 0.3) is 0 Å². The molecule has 3 heteroatoms. The van der Waals surface area contributed by atoms with Crippen molar-refractivity contribution in [3.05, 3.63) is 23.4 Å². The van der Waals surface area contributed by atoms with Crippen LogP contribution in [0.5, 0.6) is 5.88 Å². The Balaban J connectivity index is 2.07. The Bertz CT molecular complexity index is 433. The van der Waals surface area contributed by atoms with Crippen LogP contribution in [0.1, 0.15) is 64.6 Å². The van der Waals surface area contributed by atoms with Gasteiger partial charge in [-0.15, -0.1) is 0 Å². The van der Waals surface area contributed by atoms with Gasteiger partial charge in [-0.25, -0.2) is 4.98 Å². The van der Waals surface area contributed by atoms with Gasteiger partial charge in [0.1, 0.15) is 6.10 Å². The van der Waals surface area contributed by atoms with Crippen molar-refractivity contribution in [3.8, 4) is 5.88 Å². The highest BCUT2D eigenvalue weighted by atomic mass is 16.5.